The molecule has 5 heteroatoms. The molecule has 0 N–H and O–H groups in total. The molecule has 15 heavy (non-hydrogen) atoms. The lowest BCUT2D eigenvalue weighted by Gasteiger charge is -2.09. The number of hydrogen-bond donors (Lipinski definition) is 0. The molecule has 0 bridgehead atoms. The summed E-state index contributed by atoms with van der Waals surface area (Å²) in [5.74, 6) is 0.312. The fourth-order valence-corrected chi connectivity index (χ4v) is 2.47. The maximum Gasteiger partial charge on any atom is 0.333 e. The zero-order valence-corrected chi connectivity index (χ0v) is 9.87. The van der Waals surface area contributed by atoms with Crippen molar-refractivity contribution in [3.05, 3.63) is 29.8 Å². The van der Waals surface area contributed by atoms with E-state index in [4.69, 9.17) is 9.69 Å². The van der Waals surface area contributed by atoms with Crippen LogP contribution < -0.4 is 5.30 Å². The summed E-state index contributed by atoms with van der Waals surface area (Å²) in [5.41, 5.74) is 1.18. The van der Waals surface area contributed by atoms with E-state index in [-0.39, 0.29) is 0 Å². The summed E-state index contributed by atoms with van der Waals surface area (Å²) in [6.45, 7) is 4.17. The van der Waals surface area contributed by atoms with E-state index in [2.05, 4.69) is 0 Å². The van der Waals surface area contributed by atoms with Crippen LogP contribution in [0.25, 0.3) is 0 Å². The minimum atomic E-state index is -2.13. The fourth-order valence-electron chi connectivity index (χ4n) is 1.61. The van der Waals surface area contributed by atoms with E-state index in [0.717, 1.165) is 5.30 Å². The Kier molecular flexibility index (Phi) is 3.01. The largest absolute Gasteiger partial charge is 0.333 e. The molecule has 1 heterocycles. The van der Waals surface area contributed by atoms with Crippen molar-refractivity contribution in [1.29, 1.82) is 0 Å². The highest BCUT2D eigenvalue weighted by Crippen LogP contribution is 2.34. The van der Waals surface area contributed by atoms with Gasteiger partial charge in [0.2, 0.25) is 0 Å². The van der Waals surface area contributed by atoms with Crippen LogP contribution in [-0.2, 0) is 14.3 Å². The van der Waals surface area contributed by atoms with Gasteiger partial charge in [-0.15, -0.1) is 0 Å². The monoisotopic (exact) mass is 224 g/mol. The van der Waals surface area contributed by atoms with Gasteiger partial charge in [0.05, 0.1) is 6.61 Å². The number of benzene rings is 1. The summed E-state index contributed by atoms with van der Waals surface area (Å²) < 4.78 is 11.8. The third-order valence-corrected chi connectivity index (χ3v) is 4.15. The van der Waals surface area contributed by atoms with Gasteiger partial charge in [-0.1, -0.05) is 24.3 Å². The molecule has 0 saturated carbocycles. The van der Waals surface area contributed by atoms with Crippen molar-refractivity contribution in [2.24, 2.45) is 0 Å². The third-order valence-electron chi connectivity index (χ3n) is 2.61. The lowest BCUT2D eigenvalue weighted by atomic mass is 9.77. The lowest BCUT2D eigenvalue weighted by molar-refractivity contribution is -0.183. The van der Waals surface area contributed by atoms with E-state index in [1.54, 1.807) is 13.3 Å². The molecule has 1 saturated heterocycles. The first-order valence-electron chi connectivity index (χ1n) is 4.97. The standard InChI is InChI=1S/C10H14BO3P/c1-15(2,12)9-5-3-8(4-6-9)10-7-13-14-11-10/h3-6,10-11H,7H2,1-2H3. The van der Waals surface area contributed by atoms with Crippen LogP contribution in [0.2, 0.25) is 0 Å². The quantitative estimate of drug-likeness (QED) is 0.431. The van der Waals surface area contributed by atoms with Crippen LogP contribution in [-0.4, -0.2) is 27.4 Å². The van der Waals surface area contributed by atoms with Gasteiger partial charge in [0, 0.05) is 11.1 Å². The third kappa shape index (κ3) is 2.51. The molecule has 2 rings (SSSR count). The minimum Gasteiger partial charge on any atom is -0.319 e. The molecule has 0 amide bonds. The Bertz CT molecular complexity index is 378. The van der Waals surface area contributed by atoms with Crippen LogP contribution >= 0.6 is 7.14 Å². The van der Waals surface area contributed by atoms with Gasteiger partial charge in [-0.25, -0.2) is 0 Å². The Balaban J connectivity index is 2.20. The van der Waals surface area contributed by atoms with Crippen LogP contribution in [0.3, 0.4) is 0 Å². The van der Waals surface area contributed by atoms with Gasteiger partial charge in [0.1, 0.15) is 7.14 Å². The first kappa shape index (κ1) is 10.9. The van der Waals surface area contributed by atoms with Gasteiger partial charge in [-0.05, 0) is 18.9 Å². The zero-order chi connectivity index (χ0) is 10.9. The van der Waals surface area contributed by atoms with Gasteiger partial charge < -0.3 is 9.37 Å². The Morgan fingerprint density at radius 3 is 2.47 bits per heavy atom. The second-order valence-electron chi connectivity index (χ2n) is 4.21. The summed E-state index contributed by atoms with van der Waals surface area (Å²) in [6.07, 6.45) is 0. The molecule has 1 unspecified atom stereocenters. The van der Waals surface area contributed by atoms with E-state index in [1.807, 2.05) is 24.3 Å². The molecule has 1 aliphatic heterocycles. The normalized spacial score (nSPS) is 21.3. The SMILES string of the molecule is CP(C)(=O)c1ccc(C2BOOC2)cc1. The molecule has 0 radical (unpaired) electrons. The van der Waals surface area contributed by atoms with Crippen LogP contribution in [0.4, 0.5) is 0 Å². The molecule has 1 aromatic carbocycles. The summed E-state index contributed by atoms with van der Waals surface area (Å²) in [5, 5.41) is 0.922. The first-order chi connectivity index (χ1) is 7.07. The van der Waals surface area contributed by atoms with Crippen molar-refractivity contribution in [2.45, 2.75) is 5.82 Å². The van der Waals surface area contributed by atoms with Gasteiger partial charge in [0.25, 0.3) is 0 Å². The maximum atomic E-state index is 11.8. The van der Waals surface area contributed by atoms with Gasteiger partial charge >= 0.3 is 7.48 Å². The Hall–Kier alpha value is -0.565. The van der Waals surface area contributed by atoms with Crippen LogP contribution in [0.15, 0.2) is 24.3 Å². The maximum absolute atomic E-state index is 11.8. The van der Waals surface area contributed by atoms with Crippen molar-refractivity contribution in [3.63, 3.8) is 0 Å². The highest BCUT2D eigenvalue weighted by atomic mass is 31.2. The van der Waals surface area contributed by atoms with Crippen molar-refractivity contribution >= 4 is 19.9 Å². The van der Waals surface area contributed by atoms with Gasteiger partial charge in [0.15, 0.2) is 0 Å². The van der Waals surface area contributed by atoms with E-state index in [0.29, 0.717) is 19.9 Å². The average molecular weight is 224 g/mol. The Morgan fingerprint density at radius 1 is 1.33 bits per heavy atom. The summed E-state index contributed by atoms with van der Waals surface area (Å²) in [6, 6.07) is 7.90. The summed E-state index contributed by atoms with van der Waals surface area (Å²) in [4.78, 5) is 9.71. The van der Waals surface area contributed by atoms with E-state index in [1.165, 1.54) is 5.56 Å². The minimum absolute atomic E-state index is 0.312. The highest BCUT2D eigenvalue weighted by molar-refractivity contribution is 7.70. The predicted octanol–water partition coefficient (Wildman–Crippen LogP) is 1.29. The number of hydrogen-bond acceptors (Lipinski definition) is 3. The van der Waals surface area contributed by atoms with Gasteiger partial charge in [-0.3, -0.25) is 4.89 Å². The molecule has 80 valence electrons. The number of rotatable bonds is 2. The topological polar surface area (TPSA) is 35.5 Å². The zero-order valence-electron chi connectivity index (χ0n) is 8.97. The molecule has 1 fully saturated rings. The van der Waals surface area contributed by atoms with E-state index < -0.39 is 7.14 Å². The molecule has 0 aromatic heterocycles. The van der Waals surface area contributed by atoms with Crippen molar-refractivity contribution in [3.8, 4) is 0 Å². The molecule has 3 nitrogen and oxygen atoms in total. The second-order valence-corrected chi connectivity index (χ2v) is 7.43. The van der Waals surface area contributed by atoms with Crippen LogP contribution in [0.1, 0.15) is 11.4 Å². The van der Waals surface area contributed by atoms with Crippen molar-refractivity contribution in [1.82, 2.24) is 0 Å². The molecule has 1 aromatic rings. The molecular formula is C10H14BO3P. The van der Waals surface area contributed by atoms with Crippen molar-refractivity contribution in [2.75, 3.05) is 19.9 Å². The summed E-state index contributed by atoms with van der Waals surface area (Å²) in [7, 11) is -1.53. The van der Waals surface area contributed by atoms with Crippen LogP contribution in [0.5, 0.6) is 0 Å². The predicted molar refractivity (Wildman–Crippen MR) is 62.5 cm³/mol. The van der Waals surface area contributed by atoms with E-state index >= 15 is 0 Å². The lowest BCUT2D eigenvalue weighted by Crippen LogP contribution is -2.07. The molecule has 1 atom stereocenters. The molecule has 1 aliphatic rings. The molecule has 0 aliphatic carbocycles. The first-order valence-corrected chi connectivity index (χ1v) is 7.57. The van der Waals surface area contributed by atoms with Crippen LogP contribution in [0, 0.1) is 0 Å². The van der Waals surface area contributed by atoms with Crippen molar-refractivity contribution < 1.29 is 14.3 Å². The molecular weight excluding hydrogens is 210 g/mol. The average Bonchev–Trinajstić information content (AvgIpc) is 2.69. The molecule has 0 spiro atoms. The fraction of sp³-hybridized carbons (Fsp3) is 0.400. The highest BCUT2D eigenvalue weighted by Gasteiger charge is 2.22. The van der Waals surface area contributed by atoms with Gasteiger partial charge in [-0.2, -0.15) is 0 Å². The Labute approximate surface area is 90.4 Å². The smallest absolute Gasteiger partial charge is 0.319 e. The second kappa shape index (κ2) is 4.13. The Morgan fingerprint density at radius 2 is 2.00 bits per heavy atom. The van der Waals surface area contributed by atoms with E-state index in [9.17, 15) is 4.57 Å². The summed E-state index contributed by atoms with van der Waals surface area (Å²) >= 11 is 0.